The van der Waals surface area contributed by atoms with Crippen molar-refractivity contribution in [3.63, 3.8) is 0 Å². The van der Waals surface area contributed by atoms with Crippen molar-refractivity contribution in [1.82, 2.24) is 0 Å². The zero-order chi connectivity index (χ0) is 24.7. The van der Waals surface area contributed by atoms with E-state index in [1.54, 1.807) is 48.5 Å². The molecule has 0 saturated carbocycles. The number of rotatable bonds is 8. The highest BCUT2D eigenvalue weighted by Crippen LogP contribution is 2.23. The molecule has 0 saturated heterocycles. The first kappa shape index (κ1) is 25.0. The third-order valence-electron chi connectivity index (χ3n) is 5.47. The largest absolute Gasteiger partial charge is 0.494 e. The smallest absolute Gasteiger partial charge is 0.255 e. The number of nitrogens with one attached hydrogen (secondary N) is 2. The molecule has 178 valence electrons. The molecule has 0 aliphatic heterocycles. The Labute approximate surface area is 202 Å². The predicted octanol–water partition coefficient (Wildman–Crippen LogP) is 6.91. The summed E-state index contributed by atoms with van der Waals surface area (Å²) in [6.07, 6.45) is 0.983. The summed E-state index contributed by atoms with van der Waals surface area (Å²) in [4.78, 5) is 25.3. The van der Waals surface area contributed by atoms with Crippen LogP contribution in [0.4, 0.5) is 11.4 Å². The molecule has 2 N–H and O–H groups in total. The normalized spacial score (nSPS) is 11.2. The maximum atomic E-state index is 12.7. The molecule has 0 aliphatic rings. The maximum Gasteiger partial charge on any atom is 0.255 e. The van der Waals surface area contributed by atoms with Crippen LogP contribution < -0.4 is 15.4 Å². The van der Waals surface area contributed by atoms with Crippen molar-refractivity contribution >= 4 is 23.2 Å². The minimum absolute atomic E-state index is 0.0304. The van der Waals surface area contributed by atoms with Gasteiger partial charge in [-0.1, -0.05) is 52.8 Å². The van der Waals surface area contributed by atoms with Crippen molar-refractivity contribution in [3.8, 4) is 5.75 Å². The number of ether oxygens (including phenoxy) is 1. The lowest BCUT2D eigenvalue weighted by Gasteiger charge is -2.19. The van der Waals surface area contributed by atoms with Gasteiger partial charge in [0.05, 0.1) is 6.61 Å². The summed E-state index contributed by atoms with van der Waals surface area (Å²) < 4.78 is 5.71. The molecule has 0 heterocycles. The molecule has 0 aliphatic carbocycles. The highest BCUT2D eigenvalue weighted by Gasteiger charge is 2.14. The van der Waals surface area contributed by atoms with Crippen molar-refractivity contribution in [2.24, 2.45) is 5.92 Å². The van der Waals surface area contributed by atoms with Gasteiger partial charge in [0.2, 0.25) is 0 Å². The van der Waals surface area contributed by atoms with Crippen LogP contribution in [-0.2, 0) is 5.41 Å². The molecule has 2 amide bonds. The highest BCUT2D eigenvalue weighted by atomic mass is 16.5. The summed E-state index contributed by atoms with van der Waals surface area (Å²) in [7, 11) is 0. The average Bonchev–Trinajstić information content (AvgIpc) is 2.79. The Morgan fingerprint density at radius 2 is 1.29 bits per heavy atom. The van der Waals surface area contributed by atoms with Gasteiger partial charge in [0.25, 0.3) is 11.8 Å². The summed E-state index contributed by atoms with van der Waals surface area (Å²) in [5.41, 5.74) is 3.52. The number of anilines is 2. The van der Waals surface area contributed by atoms with E-state index in [4.69, 9.17) is 4.74 Å². The van der Waals surface area contributed by atoms with Gasteiger partial charge < -0.3 is 15.4 Å². The minimum atomic E-state index is -0.227. The van der Waals surface area contributed by atoms with E-state index < -0.39 is 0 Å². The molecule has 0 fully saturated rings. The summed E-state index contributed by atoms with van der Waals surface area (Å²) in [5, 5.41) is 5.78. The molecule has 0 spiro atoms. The van der Waals surface area contributed by atoms with E-state index in [1.165, 1.54) is 5.56 Å². The molecular formula is C29H34N2O3. The topological polar surface area (TPSA) is 67.4 Å². The first-order valence-corrected chi connectivity index (χ1v) is 11.7. The molecule has 0 radical (unpaired) electrons. The molecule has 0 aromatic heterocycles. The van der Waals surface area contributed by atoms with Gasteiger partial charge in [-0.2, -0.15) is 0 Å². The Morgan fingerprint density at radius 1 is 0.794 bits per heavy atom. The highest BCUT2D eigenvalue weighted by molar-refractivity contribution is 6.06. The summed E-state index contributed by atoms with van der Waals surface area (Å²) in [6.45, 7) is 11.4. The van der Waals surface area contributed by atoms with E-state index in [-0.39, 0.29) is 17.2 Å². The van der Waals surface area contributed by atoms with Crippen molar-refractivity contribution in [3.05, 3.63) is 89.5 Å². The van der Waals surface area contributed by atoms with Gasteiger partial charge in [0.1, 0.15) is 5.75 Å². The van der Waals surface area contributed by atoms with Crippen LogP contribution in [0, 0.1) is 5.92 Å². The second-order valence-corrected chi connectivity index (χ2v) is 9.87. The second-order valence-electron chi connectivity index (χ2n) is 9.87. The number of carbonyl (C=O) groups excluding carboxylic acids is 2. The molecular weight excluding hydrogens is 424 g/mol. The van der Waals surface area contributed by atoms with Crippen LogP contribution in [0.3, 0.4) is 0 Å². The lowest BCUT2D eigenvalue weighted by molar-refractivity contribution is 0.101. The minimum Gasteiger partial charge on any atom is -0.494 e. The quantitative estimate of drug-likeness (QED) is 0.385. The zero-order valence-corrected chi connectivity index (χ0v) is 20.6. The number of carbonyl (C=O) groups is 2. The zero-order valence-electron chi connectivity index (χ0n) is 20.6. The van der Waals surface area contributed by atoms with Gasteiger partial charge in [-0.05, 0) is 77.9 Å². The SMILES string of the molecule is CC(C)CCOc1ccc(C(=O)Nc2cccc(NC(=O)c3ccc(C(C)(C)C)cc3)c2)cc1. The first-order valence-electron chi connectivity index (χ1n) is 11.7. The van der Waals surface area contributed by atoms with Gasteiger partial charge in [-0.3, -0.25) is 9.59 Å². The van der Waals surface area contributed by atoms with E-state index in [9.17, 15) is 9.59 Å². The van der Waals surface area contributed by atoms with E-state index in [2.05, 4.69) is 45.3 Å². The second kappa shape index (κ2) is 11.0. The first-order chi connectivity index (χ1) is 16.1. The number of hydrogen-bond acceptors (Lipinski definition) is 3. The summed E-state index contributed by atoms with van der Waals surface area (Å²) >= 11 is 0. The predicted molar refractivity (Wildman–Crippen MR) is 139 cm³/mol. The number of benzene rings is 3. The van der Waals surface area contributed by atoms with Crippen molar-refractivity contribution in [2.45, 2.75) is 46.5 Å². The van der Waals surface area contributed by atoms with Crippen LogP contribution in [0.15, 0.2) is 72.8 Å². The van der Waals surface area contributed by atoms with E-state index >= 15 is 0 Å². The molecule has 3 aromatic carbocycles. The molecule has 0 bridgehead atoms. The van der Waals surface area contributed by atoms with Crippen LogP contribution in [-0.4, -0.2) is 18.4 Å². The molecule has 3 rings (SSSR count). The molecule has 34 heavy (non-hydrogen) atoms. The Bertz CT molecular complexity index is 1110. The molecule has 0 atom stereocenters. The lowest BCUT2D eigenvalue weighted by atomic mass is 9.87. The fourth-order valence-corrected chi connectivity index (χ4v) is 3.32. The standard InChI is InChI=1S/C29H34N2O3/c1-20(2)17-18-34-26-15-11-22(12-16-26)28(33)31-25-8-6-7-24(19-25)30-27(32)21-9-13-23(14-10-21)29(3,4)5/h6-16,19-20H,17-18H2,1-5H3,(H,30,32)(H,31,33). The van der Waals surface area contributed by atoms with E-state index in [1.807, 2.05) is 24.3 Å². The van der Waals surface area contributed by atoms with E-state index in [0.29, 0.717) is 35.0 Å². The number of hydrogen-bond donors (Lipinski definition) is 2. The van der Waals surface area contributed by atoms with E-state index in [0.717, 1.165) is 12.2 Å². The average molecular weight is 459 g/mol. The molecule has 3 aromatic rings. The lowest BCUT2D eigenvalue weighted by Crippen LogP contribution is -2.15. The van der Waals surface area contributed by atoms with Crippen LogP contribution in [0.5, 0.6) is 5.75 Å². The molecule has 5 heteroatoms. The Balaban J connectivity index is 1.59. The van der Waals surface area contributed by atoms with Crippen molar-refractivity contribution < 1.29 is 14.3 Å². The molecule has 0 unspecified atom stereocenters. The van der Waals surface area contributed by atoms with Gasteiger partial charge in [0.15, 0.2) is 0 Å². The van der Waals surface area contributed by atoms with Gasteiger partial charge in [-0.25, -0.2) is 0 Å². The maximum absolute atomic E-state index is 12.7. The summed E-state index contributed by atoms with van der Waals surface area (Å²) in [6, 6.07) is 21.8. The number of amides is 2. The third kappa shape index (κ3) is 7.20. The van der Waals surface area contributed by atoms with Crippen molar-refractivity contribution in [1.29, 1.82) is 0 Å². The van der Waals surface area contributed by atoms with Crippen LogP contribution in [0.1, 0.15) is 67.3 Å². The van der Waals surface area contributed by atoms with Crippen molar-refractivity contribution in [2.75, 3.05) is 17.2 Å². The Hall–Kier alpha value is -3.60. The van der Waals surface area contributed by atoms with Crippen LogP contribution in [0.25, 0.3) is 0 Å². The Morgan fingerprint density at radius 3 is 1.76 bits per heavy atom. The monoisotopic (exact) mass is 458 g/mol. The van der Waals surface area contributed by atoms with Gasteiger partial charge in [-0.15, -0.1) is 0 Å². The fourth-order valence-electron chi connectivity index (χ4n) is 3.32. The summed E-state index contributed by atoms with van der Waals surface area (Å²) in [5.74, 6) is 0.907. The van der Waals surface area contributed by atoms with Crippen LogP contribution in [0.2, 0.25) is 0 Å². The van der Waals surface area contributed by atoms with Crippen LogP contribution >= 0.6 is 0 Å². The third-order valence-corrected chi connectivity index (χ3v) is 5.47. The van der Waals surface area contributed by atoms with Gasteiger partial charge >= 0.3 is 0 Å². The van der Waals surface area contributed by atoms with Gasteiger partial charge in [0, 0.05) is 22.5 Å². The fraction of sp³-hybridized carbons (Fsp3) is 0.310. The Kier molecular flexibility index (Phi) is 8.11. The molecule has 5 nitrogen and oxygen atoms in total.